The van der Waals surface area contributed by atoms with Crippen molar-refractivity contribution in [1.82, 2.24) is 10.2 Å². The van der Waals surface area contributed by atoms with Gasteiger partial charge in [-0.05, 0) is 32.1 Å². The highest BCUT2D eigenvalue weighted by atomic mass is 16.5. The predicted octanol–water partition coefficient (Wildman–Crippen LogP) is 3.19. The fraction of sp³-hybridized carbons (Fsp3) is 1.00. The minimum atomic E-state index is 0.453. The zero-order chi connectivity index (χ0) is 14.3. The molecule has 3 heteroatoms. The number of hydrogen-bond acceptors (Lipinski definition) is 3. The van der Waals surface area contributed by atoms with Crippen LogP contribution in [0.2, 0.25) is 0 Å². The minimum absolute atomic E-state index is 0.453. The van der Waals surface area contributed by atoms with Crippen LogP contribution in [0.25, 0.3) is 0 Å². The lowest BCUT2D eigenvalue weighted by molar-refractivity contribution is 0.0615. The van der Waals surface area contributed by atoms with Crippen molar-refractivity contribution < 1.29 is 4.74 Å². The summed E-state index contributed by atoms with van der Waals surface area (Å²) >= 11 is 0. The zero-order valence-electron chi connectivity index (χ0n) is 13.6. The highest BCUT2D eigenvalue weighted by Crippen LogP contribution is 2.33. The Bertz CT molecular complexity index is 264. The summed E-state index contributed by atoms with van der Waals surface area (Å²) in [4.78, 5) is 2.74. The molecule has 0 aromatic rings. The lowest BCUT2D eigenvalue weighted by Gasteiger charge is -2.46. The highest BCUT2D eigenvalue weighted by Gasteiger charge is 2.40. The van der Waals surface area contributed by atoms with Crippen molar-refractivity contribution >= 4 is 0 Å². The van der Waals surface area contributed by atoms with Gasteiger partial charge in [-0.2, -0.15) is 0 Å². The highest BCUT2D eigenvalue weighted by molar-refractivity contribution is 5.00. The van der Waals surface area contributed by atoms with Crippen molar-refractivity contribution in [3.05, 3.63) is 0 Å². The fourth-order valence-electron chi connectivity index (χ4n) is 3.81. The van der Waals surface area contributed by atoms with E-state index in [1.165, 1.54) is 71.0 Å². The third-order valence-electron chi connectivity index (χ3n) is 5.14. The molecule has 1 atom stereocenters. The third kappa shape index (κ3) is 4.44. The number of unbranched alkanes of at least 4 members (excludes halogenated alkanes) is 1. The van der Waals surface area contributed by atoms with Gasteiger partial charge in [0.1, 0.15) is 0 Å². The Morgan fingerprint density at radius 3 is 2.60 bits per heavy atom. The first-order valence-corrected chi connectivity index (χ1v) is 8.86. The lowest BCUT2D eigenvalue weighted by atomic mass is 9.91. The van der Waals surface area contributed by atoms with Crippen LogP contribution in [0.3, 0.4) is 0 Å². The van der Waals surface area contributed by atoms with E-state index in [1.807, 2.05) is 0 Å². The minimum Gasteiger partial charge on any atom is -0.381 e. The van der Waals surface area contributed by atoms with Gasteiger partial charge in [-0.25, -0.2) is 0 Å². The van der Waals surface area contributed by atoms with E-state index in [4.69, 9.17) is 4.74 Å². The molecule has 3 nitrogen and oxygen atoms in total. The summed E-state index contributed by atoms with van der Waals surface area (Å²) in [5.74, 6) is 0. The van der Waals surface area contributed by atoms with E-state index in [0.717, 1.165) is 19.3 Å². The molecular formula is C17H34N2O. The second-order valence-electron chi connectivity index (χ2n) is 6.72. The SMILES string of the molecule is CCCCOCCCN1CC2(CCCC2)NCC1CC. The molecule has 1 aliphatic carbocycles. The molecule has 0 amide bonds. The van der Waals surface area contributed by atoms with Gasteiger partial charge in [-0.3, -0.25) is 4.90 Å². The molecule has 20 heavy (non-hydrogen) atoms. The van der Waals surface area contributed by atoms with Crippen LogP contribution >= 0.6 is 0 Å². The lowest BCUT2D eigenvalue weighted by Crippen LogP contribution is -2.63. The molecule has 1 unspecified atom stereocenters. The van der Waals surface area contributed by atoms with Crippen LogP contribution in [0, 0.1) is 0 Å². The van der Waals surface area contributed by atoms with Gasteiger partial charge in [-0.15, -0.1) is 0 Å². The Hall–Kier alpha value is -0.120. The standard InChI is InChI=1S/C17H34N2O/c1-3-5-12-20-13-8-11-19-15-17(9-6-7-10-17)18-14-16(19)4-2/h16,18H,3-15H2,1-2H3. The van der Waals surface area contributed by atoms with Gasteiger partial charge in [0.25, 0.3) is 0 Å². The van der Waals surface area contributed by atoms with Gasteiger partial charge in [0, 0.05) is 44.4 Å². The molecule has 0 aromatic heterocycles. The van der Waals surface area contributed by atoms with Gasteiger partial charge >= 0.3 is 0 Å². The summed E-state index contributed by atoms with van der Waals surface area (Å²) in [6.07, 6.45) is 10.5. The van der Waals surface area contributed by atoms with Gasteiger partial charge in [0.15, 0.2) is 0 Å². The summed E-state index contributed by atoms with van der Waals surface area (Å²) < 4.78 is 5.71. The predicted molar refractivity (Wildman–Crippen MR) is 85.2 cm³/mol. The molecule has 1 saturated heterocycles. The van der Waals surface area contributed by atoms with Crippen molar-refractivity contribution in [3.63, 3.8) is 0 Å². The average Bonchev–Trinajstić information content (AvgIpc) is 2.91. The van der Waals surface area contributed by atoms with Gasteiger partial charge in [0.2, 0.25) is 0 Å². The van der Waals surface area contributed by atoms with E-state index in [0.29, 0.717) is 5.54 Å². The molecule has 0 bridgehead atoms. The summed E-state index contributed by atoms with van der Waals surface area (Å²) in [6.45, 7) is 10.1. The normalized spacial score (nSPS) is 26.4. The van der Waals surface area contributed by atoms with E-state index in [9.17, 15) is 0 Å². The Kier molecular flexibility index (Phi) is 6.79. The smallest absolute Gasteiger partial charge is 0.0478 e. The fourth-order valence-corrected chi connectivity index (χ4v) is 3.81. The molecule has 2 fully saturated rings. The van der Waals surface area contributed by atoms with Crippen molar-refractivity contribution in [1.29, 1.82) is 0 Å². The van der Waals surface area contributed by atoms with E-state index in [1.54, 1.807) is 0 Å². The molecule has 1 N–H and O–H groups in total. The molecule has 0 aromatic carbocycles. The topological polar surface area (TPSA) is 24.5 Å². The average molecular weight is 282 g/mol. The first-order chi connectivity index (χ1) is 9.79. The van der Waals surface area contributed by atoms with Crippen molar-refractivity contribution in [3.8, 4) is 0 Å². The Labute approximate surface area is 125 Å². The van der Waals surface area contributed by atoms with Crippen LogP contribution in [0.1, 0.15) is 65.2 Å². The number of nitrogens with zero attached hydrogens (tertiary/aromatic N) is 1. The van der Waals surface area contributed by atoms with E-state index >= 15 is 0 Å². The van der Waals surface area contributed by atoms with E-state index in [-0.39, 0.29) is 0 Å². The molecule has 118 valence electrons. The van der Waals surface area contributed by atoms with Crippen LogP contribution in [-0.2, 0) is 4.74 Å². The Morgan fingerprint density at radius 1 is 1.15 bits per heavy atom. The molecule has 2 rings (SSSR count). The molecular weight excluding hydrogens is 248 g/mol. The van der Waals surface area contributed by atoms with Crippen molar-refractivity contribution in [2.45, 2.75) is 76.8 Å². The number of rotatable bonds is 8. The quantitative estimate of drug-likeness (QED) is 0.692. The van der Waals surface area contributed by atoms with E-state index in [2.05, 4.69) is 24.1 Å². The van der Waals surface area contributed by atoms with Gasteiger partial charge in [-0.1, -0.05) is 33.1 Å². The first kappa shape index (κ1) is 16.3. The van der Waals surface area contributed by atoms with Gasteiger partial charge < -0.3 is 10.1 Å². The maximum Gasteiger partial charge on any atom is 0.0478 e. The Morgan fingerprint density at radius 2 is 1.90 bits per heavy atom. The summed E-state index contributed by atoms with van der Waals surface area (Å²) in [5, 5.41) is 3.87. The number of piperazine rings is 1. The molecule has 1 saturated carbocycles. The summed E-state index contributed by atoms with van der Waals surface area (Å²) in [6, 6.07) is 0.733. The molecule has 2 aliphatic rings. The molecule has 1 heterocycles. The first-order valence-electron chi connectivity index (χ1n) is 8.86. The third-order valence-corrected chi connectivity index (χ3v) is 5.14. The number of ether oxygens (including phenoxy) is 1. The van der Waals surface area contributed by atoms with Crippen LogP contribution < -0.4 is 5.32 Å². The maximum atomic E-state index is 5.71. The monoisotopic (exact) mass is 282 g/mol. The summed E-state index contributed by atoms with van der Waals surface area (Å²) in [7, 11) is 0. The van der Waals surface area contributed by atoms with Crippen LogP contribution in [-0.4, -0.2) is 49.3 Å². The molecule has 1 spiro atoms. The zero-order valence-corrected chi connectivity index (χ0v) is 13.6. The van der Waals surface area contributed by atoms with Crippen LogP contribution in [0.15, 0.2) is 0 Å². The molecule has 1 aliphatic heterocycles. The number of nitrogens with one attached hydrogen (secondary N) is 1. The largest absolute Gasteiger partial charge is 0.381 e. The van der Waals surface area contributed by atoms with Crippen molar-refractivity contribution in [2.75, 3.05) is 32.8 Å². The second kappa shape index (κ2) is 8.35. The van der Waals surface area contributed by atoms with Crippen molar-refractivity contribution in [2.24, 2.45) is 0 Å². The van der Waals surface area contributed by atoms with Gasteiger partial charge in [0.05, 0.1) is 0 Å². The molecule has 0 radical (unpaired) electrons. The van der Waals surface area contributed by atoms with Crippen LogP contribution in [0.4, 0.5) is 0 Å². The maximum absolute atomic E-state index is 5.71. The number of hydrogen-bond donors (Lipinski definition) is 1. The Balaban J connectivity index is 1.71. The second-order valence-corrected chi connectivity index (χ2v) is 6.72. The summed E-state index contributed by atoms with van der Waals surface area (Å²) in [5.41, 5.74) is 0.453. The van der Waals surface area contributed by atoms with E-state index < -0.39 is 0 Å². The van der Waals surface area contributed by atoms with Crippen LogP contribution in [0.5, 0.6) is 0 Å².